The lowest BCUT2D eigenvalue weighted by Gasteiger charge is -2.22. The second-order valence-corrected chi connectivity index (χ2v) is 6.46. The molecule has 1 aromatic heterocycles. The highest BCUT2D eigenvalue weighted by molar-refractivity contribution is 5.75. The van der Waals surface area contributed by atoms with Gasteiger partial charge < -0.3 is 9.88 Å². The first-order chi connectivity index (χ1) is 9.76. The summed E-state index contributed by atoms with van der Waals surface area (Å²) in [6.45, 7) is 5.81. The third-order valence-electron chi connectivity index (χ3n) is 5.09. The minimum Gasteiger partial charge on any atom is -0.330 e. The molecule has 1 spiro atoms. The largest absolute Gasteiger partial charge is 0.330 e. The monoisotopic (exact) mass is 270 g/mol. The van der Waals surface area contributed by atoms with Crippen molar-refractivity contribution in [3.05, 3.63) is 30.1 Å². The van der Waals surface area contributed by atoms with Crippen molar-refractivity contribution in [3.8, 4) is 0 Å². The highest BCUT2D eigenvalue weighted by Gasteiger charge is 2.40. The van der Waals surface area contributed by atoms with Crippen LogP contribution in [0, 0.1) is 5.41 Å². The number of para-hydroxylation sites is 2. The van der Waals surface area contributed by atoms with E-state index in [1.165, 1.54) is 50.4 Å². The van der Waals surface area contributed by atoms with Crippen molar-refractivity contribution in [3.63, 3.8) is 0 Å². The molecule has 0 amide bonds. The van der Waals surface area contributed by atoms with Gasteiger partial charge in [-0.2, -0.15) is 0 Å². The number of aryl methyl sites for hydroxylation is 1. The summed E-state index contributed by atoms with van der Waals surface area (Å²) in [6, 6.07) is 8.40. The molecule has 1 atom stereocenters. The fourth-order valence-corrected chi connectivity index (χ4v) is 3.84. The SMILES string of the molecule is Cn1c(CN2CCC3(CCNC3)C2)nc2ccccc21. The van der Waals surface area contributed by atoms with E-state index < -0.39 is 0 Å². The molecule has 4 rings (SSSR count). The minimum absolute atomic E-state index is 0.546. The third kappa shape index (κ3) is 1.95. The molecule has 2 fully saturated rings. The number of nitrogens with one attached hydrogen (secondary N) is 1. The molecule has 2 aromatic rings. The molecule has 4 nitrogen and oxygen atoms in total. The predicted octanol–water partition coefficient (Wildman–Crippen LogP) is 1.76. The van der Waals surface area contributed by atoms with Gasteiger partial charge in [-0.05, 0) is 43.5 Å². The topological polar surface area (TPSA) is 33.1 Å². The molecule has 0 radical (unpaired) electrons. The van der Waals surface area contributed by atoms with Gasteiger partial charge >= 0.3 is 0 Å². The molecule has 20 heavy (non-hydrogen) atoms. The first-order valence-corrected chi connectivity index (χ1v) is 7.59. The molecule has 2 aliphatic rings. The first kappa shape index (κ1) is 12.4. The molecule has 4 heteroatoms. The van der Waals surface area contributed by atoms with E-state index in [2.05, 4.69) is 46.1 Å². The number of fused-ring (bicyclic) bond motifs is 1. The van der Waals surface area contributed by atoms with Crippen LogP contribution in [0.25, 0.3) is 11.0 Å². The lowest BCUT2D eigenvalue weighted by atomic mass is 9.87. The van der Waals surface area contributed by atoms with Crippen molar-refractivity contribution in [1.29, 1.82) is 0 Å². The Morgan fingerprint density at radius 1 is 1.30 bits per heavy atom. The zero-order chi connectivity index (χ0) is 13.6. The lowest BCUT2D eigenvalue weighted by Crippen LogP contribution is -2.29. The van der Waals surface area contributed by atoms with E-state index in [-0.39, 0.29) is 0 Å². The fourth-order valence-electron chi connectivity index (χ4n) is 3.84. The van der Waals surface area contributed by atoms with E-state index in [9.17, 15) is 0 Å². The van der Waals surface area contributed by atoms with E-state index >= 15 is 0 Å². The summed E-state index contributed by atoms with van der Waals surface area (Å²) >= 11 is 0. The van der Waals surface area contributed by atoms with Gasteiger partial charge in [0.2, 0.25) is 0 Å². The summed E-state index contributed by atoms with van der Waals surface area (Å²) < 4.78 is 2.24. The van der Waals surface area contributed by atoms with Crippen LogP contribution in [0.3, 0.4) is 0 Å². The highest BCUT2D eigenvalue weighted by atomic mass is 15.2. The van der Waals surface area contributed by atoms with Crippen molar-refractivity contribution in [1.82, 2.24) is 19.8 Å². The van der Waals surface area contributed by atoms with Crippen molar-refractivity contribution < 1.29 is 0 Å². The molecule has 1 N–H and O–H groups in total. The Balaban J connectivity index is 1.55. The summed E-state index contributed by atoms with van der Waals surface area (Å²) in [4.78, 5) is 7.37. The Morgan fingerprint density at radius 2 is 2.20 bits per heavy atom. The van der Waals surface area contributed by atoms with Crippen LogP contribution < -0.4 is 5.32 Å². The highest BCUT2D eigenvalue weighted by Crippen LogP contribution is 2.36. The van der Waals surface area contributed by atoms with Crippen molar-refractivity contribution >= 4 is 11.0 Å². The zero-order valence-corrected chi connectivity index (χ0v) is 12.1. The smallest absolute Gasteiger partial charge is 0.123 e. The molecule has 2 saturated heterocycles. The van der Waals surface area contributed by atoms with E-state index in [4.69, 9.17) is 4.98 Å². The number of rotatable bonds is 2. The summed E-state index contributed by atoms with van der Waals surface area (Å²) in [5, 5.41) is 3.52. The van der Waals surface area contributed by atoms with Crippen molar-refractivity contribution in [2.75, 3.05) is 26.2 Å². The number of hydrogen-bond acceptors (Lipinski definition) is 3. The molecular formula is C16H22N4. The molecule has 0 aliphatic carbocycles. The van der Waals surface area contributed by atoms with E-state index in [0.29, 0.717) is 5.41 Å². The number of aromatic nitrogens is 2. The third-order valence-corrected chi connectivity index (χ3v) is 5.09. The number of likely N-dealkylation sites (tertiary alicyclic amines) is 1. The normalized spacial score (nSPS) is 27.1. The van der Waals surface area contributed by atoms with Crippen molar-refractivity contribution in [2.45, 2.75) is 19.4 Å². The van der Waals surface area contributed by atoms with Gasteiger partial charge in [0.1, 0.15) is 5.82 Å². The van der Waals surface area contributed by atoms with Gasteiger partial charge in [0.05, 0.1) is 17.6 Å². The van der Waals surface area contributed by atoms with Gasteiger partial charge in [0.15, 0.2) is 0 Å². The minimum atomic E-state index is 0.546. The molecule has 3 heterocycles. The van der Waals surface area contributed by atoms with Crippen molar-refractivity contribution in [2.24, 2.45) is 12.5 Å². The van der Waals surface area contributed by atoms with E-state index in [1.807, 2.05) is 0 Å². The zero-order valence-electron chi connectivity index (χ0n) is 12.1. The summed E-state index contributed by atoms with van der Waals surface area (Å²) in [5.74, 6) is 1.19. The average Bonchev–Trinajstić information content (AvgIpc) is 3.15. The van der Waals surface area contributed by atoms with Crippen LogP contribution in [0.15, 0.2) is 24.3 Å². The standard InChI is InChI=1S/C16H22N4/c1-19-14-5-3-2-4-13(14)18-15(19)10-20-9-7-16(12-20)6-8-17-11-16/h2-5,17H,6-12H2,1H3. The van der Waals surface area contributed by atoms with Gasteiger partial charge in [-0.3, -0.25) is 4.90 Å². The number of nitrogens with zero attached hydrogens (tertiary/aromatic N) is 3. The number of benzene rings is 1. The van der Waals surface area contributed by atoms with Crippen LogP contribution in [0.1, 0.15) is 18.7 Å². The fraction of sp³-hybridized carbons (Fsp3) is 0.562. The maximum Gasteiger partial charge on any atom is 0.123 e. The van der Waals surface area contributed by atoms with Crippen LogP contribution in [0.5, 0.6) is 0 Å². The van der Waals surface area contributed by atoms with Gasteiger partial charge in [-0.1, -0.05) is 12.1 Å². The molecular weight excluding hydrogens is 248 g/mol. The Hall–Kier alpha value is -1.39. The first-order valence-electron chi connectivity index (χ1n) is 7.59. The summed E-state index contributed by atoms with van der Waals surface area (Å²) in [5.41, 5.74) is 2.89. The quantitative estimate of drug-likeness (QED) is 0.902. The Labute approximate surface area is 119 Å². The summed E-state index contributed by atoms with van der Waals surface area (Å²) in [6.07, 6.45) is 2.68. The lowest BCUT2D eigenvalue weighted by molar-refractivity contribution is 0.262. The number of imidazole rings is 1. The van der Waals surface area contributed by atoms with E-state index in [0.717, 1.165) is 12.1 Å². The maximum atomic E-state index is 4.80. The molecule has 2 aliphatic heterocycles. The average molecular weight is 270 g/mol. The Kier molecular flexibility index (Phi) is 2.82. The van der Waals surface area contributed by atoms with Gasteiger partial charge in [0, 0.05) is 20.1 Å². The molecule has 0 saturated carbocycles. The molecule has 1 unspecified atom stereocenters. The molecule has 106 valence electrons. The second-order valence-electron chi connectivity index (χ2n) is 6.46. The van der Waals surface area contributed by atoms with Gasteiger partial charge in [-0.25, -0.2) is 4.98 Å². The van der Waals surface area contributed by atoms with Crippen LogP contribution in [0.2, 0.25) is 0 Å². The van der Waals surface area contributed by atoms with Crippen LogP contribution in [-0.4, -0.2) is 40.6 Å². The predicted molar refractivity (Wildman–Crippen MR) is 80.5 cm³/mol. The summed E-state index contributed by atoms with van der Waals surface area (Å²) in [7, 11) is 2.13. The molecule has 0 bridgehead atoms. The van der Waals surface area contributed by atoms with Crippen LogP contribution >= 0.6 is 0 Å². The Morgan fingerprint density at radius 3 is 3.00 bits per heavy atom. The van der Waals surface area contributed by atoms with Crippen LogP contribution in [-0.2, 0) is 13.6 Å². The van der Waals surface area contributed by atoms with Gasteiger partial charge in [-0.15, -0.1) is 0 Å². The number of hydrogen-bond donors (Lipinski definition) is 1. The van der Waals surface area contributed by atoms with Gasteiger partial charge in [0.25, 0.3) is 0 Å². The van der Waals surface area contributed by atoms with E-state index in [1.54, 1.807) is 0 Å². The maximum absolute atomic E-state index is 4.80. The van der Waals surface area contributed by atoms with Crippen LogP contribution in [0.4, 0.5) is 0 Å². The Bertz CT molecular complexity index is 624. The molecule has 1 aromatic carbocycles. The second kappa shape index (κ2) is 4.57.